The quantitative estimate of drug-likeness (QED) is 0.614. The Bertz CT molecular complexity index is 1070. The Hall–Kier alpha value is -2.72. The number of methoxy groups -OCH3 is 1. The van der Waals surface area contributed by atoms with Crippen molar-refractivity contribution in [2.24, 2.45) is 0 Å². The summed E-state index contributed by atoms with van der Waals surface area (Å²) in [5.41, 5.74) is 5.76. The fraction of sp³-hybridized carbons (Fsp3) is 0.429. The van der Waals surface area contributed by atoms with Crippen LogP contribution in [0.25, 0.3) is 16.8 Å². The minimum Gasteiger partial charge on any atom is -0.497 e. The maximum Gasteiger partial charge on any atom is 0.235 e. The Labute approximate surface area is 175 Å². The monoisotopic (exact) mass is 413 g/mol. The number of nitrogens with zero attached hydrogens (tertiary/aromatic N) is 4. The van der Waals surface area contributed by atoms with Gasteiger partial charge >= 0.3 is 0 Å². The molecule has 2 aromatic heterocycles. The first-order valence-corrected chi connectivity index (χ1v) is 9.93. The molecule has 9 heteroatoms. The molecule has 160 valence electrons. The van der Waals surface area contributed by atoms with Crippen molar-refractivity contribution >= 4 is 11.5 Å². The molecule has 3 heterocycles. The molecule has 1 fully saturated rings. The summed E-state index contributed by atoms with van der Waals surface area (Å²) >= 11 is 0. The van der Waals surface area contributed by atoms with E-state index in [0.29, 0.717) is 0 Å². The van der Waals surface area contributed by atoms with Crippen LogP contribution in [0.4, 0.5) is 5.82 Å². The molecule has 2 atom stereocenters. The normalized spacial score (nSPS) is 18.1. The third-order valence-electron chi connectivity index (χ3n) is 5.19. The lowest BCUT2D eigenvalue weighted by Crippen LogP contribution is -2.35. The summed E-state index contributed by atoms with van der Waals surface area (Å²) < 4.78 is 7.19. The second-order valence-corrected chi connectivity index (χ2v) is 7.40. The molecule has 1 aliphatic heterocycles. The van der Waals surface area contributed by atoms with Crippen molar-refractivity contribution in [3.8, 4) is 16.9 Å². The second-order valence-electron chi connectivity index (χ2n) is 7.40. The molecule has 1 saturated heterocycles. The summed E-state index contributed by atoms with van der Waals surface area (Å²) in [4.78, 5) is 20.5. The Morgan fingerprint density at radius 1 is 1.23 bits per heavy atom. The fourth-order valence-corrected chi connectivity index (χ4v) is 3.68. The standard InChI is InChI=1S/C21H27N5O4/c1-7-17(21-28-25(5)30-29-21)23-18-11-13(3)22-20-19(14(4)24-26(18)20)16-9-8-15(27-6)10-12(16)2/h8-11,17,21,23H,7H2,1-6H3. The van der Waals surface area contributed by atoms with E-state index in [1.807, 2.05) is 36.6 Å². The summed E-state index contributed by atoms with van der Waals surface area (Å²) in [5, 5.41) is 9.46. The van der Waals surface area contributed by atoms with E-state index in [0.717, 1.165) is 51.7 Å². The zero-order valence-corrected chi connectivity index (χ0v) is 18.1. The average Bonchev–Trinajstić information content (AvgIpc) is 3.29. The molecule has 0 bridgehead atoms. The number of aryl methyl sites for hydroxylation is 3. The van der Waals surface area contributed by atoms with Gasteiger partial charge in [-0.15, -0.1) is 4.99 Å². The SMILES string of the molecule is CCC(Nc1cc(C)nc2c(-c3ccc(OC)cc3C)c(C)nn12)C1OON(C)O1. The van der Waals surface area contributed by atoms with Gasteiger partial charge in [0.15, 0.2) is 5.65 Å². The highest BCUT2D eigenvalue weighted by Gasteiger charge is 2.32. The van der Waals surface area contributed by atoms with E-state index in [9.17, 15) is 0 Å². The summed E-state index contributed by atoms with van der Waals surface area (Å²) in [6.45, 7) is 8.08. The van der Waals surface area contributed by atoms with Crippen LogP contribution in [-0.4, -0.2) is 46.3 Å². The minimum absolute atomic E-state index is 0.143. The summed E-state index contributed by atoms with van der Waals surface area (Å²) in [6.07, 6.45) is 0.193. The lowest BCUT2D eigenvalue weighted by atomic mass is 10.0. The number of hydroxylamine groups is 2. The Kier molecular flexibility index (Phi) is 5.61. The van der Waals surface area contributed by atoms with Crippen molar-refractivity contribution in [3.63, 3.8) is 0 Å². The van der Waals surface area contributed by atoms with Crippen molar-refractivity contribution in [2.45, 2.75) is 46.4 Å². The number of hydrogen-bond acceptors (Lipinski definition) is 8. The minimum atomic E-state index is -0.566. The van der Waals surface area contributed by atoms with Gasteiger partial charge in [-0.05, 0) is 55.7 Å². The van der Waals surface area contributed by atoms with Gasteiger partial charge in [-0.3, -0.25) is 0 Å². The van der Waals surface area contributed by atoms with E-state index in [4.69, 9.17) is 29.5 Å². The molecular weight excluding hydrogens is 386 g/mol. The molecule has 0 radical (unpaired) electrons. The molecule has 30 heavy (non-hydrogen) atoms. The van der Waals surface area contributed by atoms with E-state index < -0.39 is 6.29 Å². The number of rotatable bonds is 6. The maximum absolute atomic E-state index is 5.53. The molecule has 0 aliphatic carbocycles. The van der Waals surface area contributed by atoms with Crippen LogP contribution in [0.5, 0.6) is 5.75 Å². The van der Waals surface area contributed by atoms with Crippen LogP contribution in [-0.2, 0) is 14.7 Å². The topological polar surface area (TPSA) is 82.4 Å². The molecule has 9 nitrogen and oxygen atoms in total. The molecule has 1 N–H and O–H groups in total. The predicted octanol–water partition coefficient (Wildman–Crippen LogP) is 3.59. The number of anilines is 1. The zero-order valence-electron chi connectivity index (χ0n) is 18.1. The molecule has 1 aliphatic rings. The number of ether oxygens (including phenoxy) is 1. The van der Waals surface area contributed by atoms with Gasteiger partial charge < -0.3 is 10.1 Å². The average molecular weight is 413 g/mol. The maximum atomic E-state index is 5.53. The molecule has 4 rings (SSSR count). The van der Waals surface area contributed by atoms with Crippen molar-refractivity contribution in [2.75, 3.05) is 19.5 Å². The highest BCUT2D eigenvalue weighted by molar-refractivity contribution is 5.83. The predicted molar refractivity (Wildman–Crippen MR) is 112 cm³/mol. The first-order chi connectivity index (χ1) is 14.4. The lowest BCUT2D eigenvalue weighted by molar-refractivity contribution is -0.402. The summed E-state index contributed by atoms with van der Waals surface area (Å²) in [5.74, 6) is 1.64. The van der Waals surface area contributed by atoms with Gasteiger partial charge in [0.2, 0.25) is 6.29 Å². The largest absolute Gasteiger partial charge is 0.497 e. The summed E-state index contributed by atoms with van der Waals surface area (Å²) in [7, 11) is 3.31. The fourth-order valence-electron chi connectivity index (χ4n) is 3.68. The molecule has 2 unspecified atom stereocenters. The second kappa shape index (κ2) is 8.19. The molecule has 0 saturated carbocycles. The van der Waals surface area contributed by atoms with Crippen molar-refractivity contribution < 1.29 is 19.5 Å². The Balaban J connectivity index is 1.77. The van der Waals surface area contributed by atoms with E-state index in [2.05, 4.69) is 25.2 Å². The number of nitrogens with one attached hydrogen (secondary N) is 1. The third-order valence-corrected chi connectivity index (χ3v) is 5.19. The van der Waals surface area contributed by atoms with E-state index in [1.165, 1.54) is 5.23 Å². The van der Waals surface area contributed by atoms with Crippen LogP contribution in [0.1, 0.15) is 30.3 Å². The first kappa shape index (κ1) is 20.5. The van der Waals surface area contributed by atoms with Crippen LogP contribution in [0.2, 0.25) is 0 Å². The van der Waals surface area contributed by atoms with Gasteiger partial charge in [-0.2, -0.15) is 14.5 Å². The highest BCUT2D eigenvalue weighted by atomic mass is 17.4. The van der Waals surface area contributed by atoms with Crippen LogP contribution in [0, 0.1) is 20.8 Å². The molecule has 0 amide bonds. The molecule has 0 spiro atoms. The first-order valence-electron chi connectivity index (χ1n) is 9.93. The molecule has 3 aromatic rings. The summed E-state index contributed by atoms with van der Waals surface area (Å²) in [6, 6.07) is 7.85. The third kappa shape index (κ3) is 3.72. The number of aromatic nitrogens is 3. The molecule has 1 aromatic carbocycles. The van der Waals surface area contributed by atoms with E-state index in [-0.39, 0.29) is 6.04 Å². The highest BCUT2D eigenvalue weighted by Crippen LogP contribution is 2.33. The lowest BCUT2D eigenvalue weighted by Gasteiger charge is -2.21. The van der Waals surface area contributed by atoms with Gasteiger partial charge in [-0.25, -0.2) is 9.82 Å². The zero-order chi connectivity index (χ0) is 21.4. The van der Waals surface area contributed by atoms with Crippen LogP contribution < -0.4 is 10.1 Å². The van der Waals surface area contributed by atoms with Crippen LogP contribution >= 0.6 is 0 Å². The van der Waals surface area contributed by atoms with Gasteiger partial charge in [0.25, 0.3) is 0 Å². The number of benzene rings is 1. The van der Waals surface area contributed by atoms with Crippen molar-refractivity contribution in [1.29, 1.82) is 0 Å². The number of fused-ring (bicyclic) bond motifs is 1. The van der Waals surface area contributed by atoms with E-state index in [1.54, 1.807) is 14.2 Å². The molecular formula is C21H27N5O4. The van der Waals surface area contributed by atoms with Gasteiger partial charge in [-0.1, -0.05) is 13.0 Å². The van der Waals surface area contributed by atoms with Gasteiger partial charge in [0.1, 0.15) is 11.6 Å². The van der Waals surface area contributed by atoms with Crippen molar-refractivity contribution in [3.05, 3.63) is 41.2 Å². The van der Waals surface area contributed by atoms with Gasteiger partial charge in [0, 0.05) is 24.4 Å². The van der Waals surface area contributed by atoms with Crippen LogP contribution in [0.15, 0.2) is 24.3 Å². The van der Waals surface area contributed by atoms with Gasteiger partial charge in [0.05, 0.1) is 18.8 Å². The van der Waals surface area contributed by atoms with Crippen molar-refractivity contribution in [1.82, 2.24) is 19.8 Å². The van der Waals surface area contributed by atoms with E-state index >= 15 is 0 Å². The Morgan fingerprint density at radius 2 is 2.03 bits per heavy atom. The van der Waals surface area contributed by atoms with Crippen LogP contribution in [0.3, 0.4) is 0 Å². The smallest absolute Gasteiger partial charge is 0.235 e. The number of hydrogen-bond donors (Lipinski definition) is 1. The Morgan fingerprint density at radius 3 is 2.67 bits per heavy atom.